The first-order valence-corrected chi connectivity index (χ1v) is 39.7. The number of halogens is 6. The Balaban J connectivity index is 0.000000220. The molecule has 1 heterocycles. The van der Waals surface area contributed by atoms with Gasteiger partial charge in [-0.15, -0.1) is 0 Å². The van der Waals surface area contributed by atoms with Crippen LogP contribution in [-0.4, -0.2) is 130 Å². The maximum Gasteiger partial charge on any atom is 0.414 e. The molecule has 0 spiro atoms. The average Bonchev–Trinajstić information content (AvgIpc) is 1.19. The van der Waals surface area contributed by atoms with Gasteiger partial charge >= 0.3 is 24.1 Å². The fraction of sp³-hybridized carbons (Fsp3) is 0.534. The van der Waals surface area contributed by atoms with Gasteiger partial charge in [0.05, 0.1) is 74.0 Å². The van der Waals surface area contributed by atoms with Crippen LogP contribution in [0.2, 0.25) is 0 Å². The number of nitrogens with two attached hydrogens (primary N) is 1. The van der Waals surface area contributed by atoms with E-state index in [1.165, 1.54) is 90.2 Å². The highest BCUT2D eigenvalue weighted by Crippen LogP contribution is 2.38. The Kier molecular flexibility index (Phi) is 34.6. The number of hydrogen-bond donors (Lipinski definition) is 7. The number of fused-ring (bicyclic) bond motifs is 3. The van der Waals surface area contributed by atoms with E-state index in [2.05, 4.69) is 96.6 Å². The number of methoxy groups -OCH3 is 2. The van der Waals surface area contributed by atoms with Crippen LogP contribution in [0.1, 0.15) is 206 Å². The number of ether oxygens (including phenoxy) is 5. The molecule has 1 saturated heterocycles. The highest BCUT2D eigenvalue weighted by Gasteiger charge is 2.41. The number of hydrogen-bond acceptors (Lipinski definition) is 16. The van der Waals surface area contributed by atoms with Crippen molar-refractivity contribution in [3.8, 4) is 0 Å². The number of esters is 2. The number of epoxide rings is 1. The van der Waals surface area contributed by atoms with E-state index in [4.69, 9.17) is 29.4 Å². The van der Waals surface area contributed by atoms with Crippen molar-refractivity contribution in [1.82, 2.24) is 16.0 Å². The summed E-state index contributed by atoms with van der Waals surface area (Å²) in [6.07, 6.45) is 8.09. The standard InChI is InChI=1S/C31H42F2N2O5.C26H35F2N3O2.C19H25F2NO5.C12H17N/c1-7-19-12-13-20-10-9-11-26(23(20)14-19)34-18-27(36)24(29(37)39-6)16-21-15-22(32)17-25(33)28(21)35(8-2)30(38)40-31(3,4)5;1-4-16-9-10-17-7-6-8-23(20(17)11-16)31-15-24(32)21(26(33)29-3)13-18-12-19(27)14-22(28)25(18)30-5-2;1-6-22(18(24)27-19(2,3)4)16-11(7-12(20)9-14(16)21)8-13(15-10-26-15)17(23)25-5;1-2-9-6-7-10-4-3-5-12(13)11(10)8-9/h12-15,17,24,26-27,34,36H,7-11,16,18H2,1-6H3;9-12,14,21,23-24,30-32H,4-8,13,15H2,1-3H3,(H,29,33);7,9,13,15H,6,8,10H2,1-5H3;6-8,12H,2-5,13H2,1H3. The molecule has 113 heavy (non-hydrogen) atoms. The fourth-order valence-corrected chi connectivity index (χ4v) is 14.8. The Morgan fingerprint density at radius 3 is 1.35 bits per heavy atom. The number of aliphatic hydroxyl groups excluding tert-OH is 2. The van der Waals surface area contributed by atoms with Gasteiger partial charge in [-0.1, -0.05) is 75.4 Å². The smallest absolute Gasteiger partial charge is 0.414 e. The number of amides is 3. The second-order valence-electron chi connectivity index (χ2n) is 31.2. The van der Waals surface area contributed by atoms with Crippen molar-refractivity contribution in [2.75, 3.05) is 75.7 Å². The van der Waals surface area contributed by atoms with E-state index in [1.54, 1.807) is 55.4 Å². The van der Waals surface area contributed by atoms with Gasteiger partial charge in [0.25, 0.3) is 0 Å². The van der Waals surface area contributed by atoms with E-state index in [0.717, 1.165) is 92.2 Å². The third-order valence-electron chi connectivity index (χ3n) is 20.7. The quantitative estimate of drug-likeness (QED) is 0.0109. The maximum atomic E-state index is 15.2. The van der Waals surface area contributed by atoms with Crippen molar-refractivity contribution in [2.24, 2.45) is 23.5 Å². The molecule has 0 saturated carbocycles. The van der Waals surface area contributed by atoms with Crippen molar-refractivity contribution in [3.63, 3.8) is 0 Å². The van der Waals surface area contributed by atoms with Crippen molar-refractivity contribution in [2.45, 2.75) is 227 Å². The molecule has 25 heteroatoms. The minimum Gasteiger partial charge on any atom is -0.469 e. The predicted octanol–water partition coefficient (Wildman–Crippen LogP) is 15.6. The number of rotatable bonds is 27. The lowest BCUT2D eigenvalue weighted by molar-refractivity contribution is -0.149. The molecule has 6 aromatic rings. The SMILES string of the molecule is CCN(C(=O)OC(C)(C)C)c1c(F)cc(F)cc1CC(C(=O)OC)C1CO1.CCNc1c(F)cc(F)cc1CC(C(=O)NC)C(O)CNC1CCCc2ccc(CC)cc21.CCc1ccc2c(c1)C(N)CCC2.CCc1ccc2c(c1)C(NCC(O)C(Cc1cc(F)cc(F)c1N(CC)C(=O)OC(C)(C)C)C(=O)OC)CCC2. The van der Waals surface area contributed by atoms with Crippen LogP contribution in [0.5, 0.6) is 0 Å². The van der Waals surface area contributed by atoms with Gasteiger partial charge in [0.15, 0.2) is 0 Å². The van der Waals surface area contributed by atoms with Gasteiger partial charge in [0, 0.05) is 76.1 Å². The molecule has 0 bridgehead atoms. The summed E-state index contributed by atoms with van der Waals surface area (Å²) in [6, 6.07) is 25.8. The Hall–Kier alpha value is -8.59. The zero-order valence-electron chi connectivity index (χ0n) is 68.4. The number of carbonyl (C=O) groups is 5. The first-order valence-electron chi connectivity index (χ1n) is 39.7. The lowest BCUT2D eigenvalue weighted by atomic mass is 9.85. The molecular weight excluding hydrogens is 1460 g/mol. The van der Waals surface area contributed by atoms with Gasteiger partial charge < -0.3 is 60.9 Å². The first kappa shape index (κ1) is 91.6. The summed E-state index contributed by atoms with van der Waals surface area (Å²) in [5, 5.41) is 34.5. The summed E-state index contributed by atoms with van der Waals surface area (Å²) in [4.78, 5) is 65.1. The van der Waals surface area contributed by atoms with Gasteiger partial charge in [0.1, 0.15) is 46.1 Å². The summed E-state index contributed by atoms with van der Waals surface area (Å²) in [7, 11) is 3.94. The predicted molar refractivity (Wildman–Crippen MR) is 428 cm³/mol. The second kappa shape index (κ2) is 42.7. The average molecular weight is 1580 g/mol. The summed E-state index contributed by atoms with van der Waals surface area (Å²) in [5.41, 5.74) is 16.7. The van der Waals surface area contributed by atoms with Gasteiger partial charge in [-0.05, 0) is 244 Å². The van der Waals surface area contributed by atoms with Crippen LogP contribution in [0.4, 0.5) is 53.0 Å². The first-order chi connectivity index (χ1) is 53.6. The number of aliphatic hydroxyl groups is 2. The lowest BCUT2D eigenvalue weighted by Crippen LogP contribution is -2.43. The third kappa shape index (κ3) is 26.0. The van der Waals surface area contributed by atoms with E-state index < -0.39 is 100 Å². The van der Waals surface area contributed by atoms with Crippen molar-refractivity contribution >= 4 is 47.1 Å². The minimum absolute atomic E-state index is 0.00752. The topological polar surface area (TPSA) is 256 Å². The molecule has 3 aliphatic carbocycles. The molecule has 9 unspecified atom stereocenters. The molecule has 4 aliphatic rings. The molecule has 3 amide bonds. The van der Waals surface area contributed by atoms with Gasteiger partial charge in [-0.3, -0.25) is 24.2 Å². The summed E-state index contributed by atoms with van der Waals surface area (Å²) < 4.78 is 112. The fourth-order valence-electron chi connectivity index (χ4n) is 14.8. The molecule has 8 N–H and O–H groups in total. The summed E-state index contributed by atoms with van der Waals surface area (Å²) in [5.74, 6) is -9.28. The Labute approximate surface area is 663 Å². The molecule has 1 aliphatic heterocycles. The van der Waals surface area contributed by atoms with Crippen molar-refractivity contribution in [3.05, 3.63) is 193 Å². The van der Waals surface area contributed by atoms with Gasteiger partial charge in [-0.2, -0.15) is 0 Å². The van der Waals surface area contributed by atoms with Crippen molar-refractivity contribution < 1.29 is 84.2 Å². The molecule has 0 aromatic heterocycles. The van der Waals surface area contributed by atoms with E-state index in [1.807, 2.05) is 6.92 Å². The van der Waals surface area contributed by atoms with E-state index >= 15 is 4.39 Å². The molecule has 6 aromatic carbocycles. The van der Waals surface area contributed by atoms with Crippen LogP contribution in [0.15, 0.2) is 91.0 Å². The van der Waals surface area contributed by atoms with Crippen LogP contribution in [0.3, 0.4) is 0 Å². The Morgan fingerprint density at radius 1 is 0.540 bits per heavy atom. The van der Waals surface area contributed by atoms with Crippen LogP contribution < -0.4 is 36.8 Å². The van der Waals surface area contributed by atoms with E-state index in [-0.39, 0.29) is 104 Å². The van der Waals surface area contributed by atoms with Crippen molar-refractivity contribution in [1.29, 1.82) is 0 Å². The minimum atomic E-state index is -1.22. The number of anilines is 3. The van der Waals surface area contributed by atoms with E-state index in [0.29, 0.717) is 30.8 Å². The lowest BCUT2D eigenvalue weighted by Gasteiger charge is -2.31. The molecule has 1 fully saturated rings. The summed E-state index contributed by atoms with van der Waals surface area (Å²) in [6.45, 7) is 22.9. The number of nitrogens with zero attached hydrogens (tertiary/aromatic N) is 2. The second-order valence-corrected chi connectivity index (χ2v) is 31.2. The highest BCUT2D eigenvalue weighted by atomic mass is 19.2. The third-order valence-corrected chi connectivity index (χ3v) is 20.7. The number of aryl methyl sites for hydroxylation is 6. The molecule has 9 atom stereocenters. The Morgan fingerprint density at radius 2 is 0.938 bits per heavy atom. The monoisotopic (exact) mass is 1580 g/mol. The number of nitrogens with one attached hydrogen (secondary N) is 4. The molecule has 19 nitrogen and oxygen atoms in total. The molecule has 10 rings (SSSR count). The highest BCUT2D eigenvalue weighted by molar-refractivity contribution is 5.90. The Bertz CT molecular complexity index is 4190. The van der Waals surface area contributed by atoms with Crippen LogP contribution in [0, 0.1) is 52.7 Å². The zero-order chi connectivity index (χ0) is 83.2. The van der Waals surface area contributed by atoms with Crippen LogP contribution in [-0.2, 0) is 95.9 Å². The molecule has 620 valence electrons. The maximum absolute atomic E-state index is 15.2. The van der Waals surface area contributed by atoms with Crippen LogP contribution in [0.25, 0.3) is 0 Å². The largest absolute Gasteiger partial charge is 0.469 e. The molecular formula is C88H119F6N7O12. The number of benzene rings is 6. The van der Waals surface area contributed by atoms with Crippen LogP contribution >= 0.6 is 0 Å². The normalized spacial score (nSPS) is 17.5. The number of carbonyl (C=O) groups excluding carboxylic acids is 5. The molecule has 0 radical (unpaired) electrons. The van der Waals surface area contributed by atoms with E-state index in [9.17, 15) is 56.1 Å². The van der Waals surface area contributed by atoms with Gasteiger partial charge in [-0.25, -0.2) is 35.9 Å². The summed E-state index contributed by atoms with van der Waals surface area (Å²) >= 11 is 0. The van der Waals surface area contributed by atoms with Gasteiger partial charge in [0.2, 0.25) is 5.91 Å². The zero-order valence-corrected chi connectivity index (χ0v) is 68.4.